The van der Waals surface area contributed by atoms with Crippen molar-refractivity contribution in [1.29, 1.82) is 0 Å². The number of aliphatic hydroxyl groups is 1. The maximum Gasteiger partial charge on any atom is 0.295 e. The van der Waals surface area contributed by atoms with E-state index in [0.717, 1.165) is 27.5 Å². The van der Waals surface area contributed by atoms with Crippen molar-refractivity contribution >= 4 is 28.2 Å². The van der Waals surface area contributed by atoms with Crippen LogP contribution in [0.15, 0.2) is 96.8 Å². The molecule has 174 valence electrons. The Labute approximate surface area is 204 Å². The number of amides is 1. The zero-order chi connectivity index (χ0) is 24.5. The van der Waals surface area contributed by atoms with E-state index in [4.69, 9.17) is 0 Å². The minimum atomic E-state index is -0.713. The first kappa shape index (κ1) is 22.5. The molecule has 4 aromatic rings. The molecule has 1 unspecified atom stereocenters. The van der Waals surface area contributed by atoms with Gasteiger partial charge in [0.1, 0.15) is 5.76 Å². The van der Waals surface area contributed by atoms with Gasteiger partial charge in [-0.25, -0.2) is 0 Å². The number of hydrogen-bond acceptors (Lipinski definition) is 4. The lowest BCUT2D eigenvalue weighted by atomic mass is 9.92. The zero-order valence-electron chi connectivity index (χ0n) is 19.7. The van der Waals surface area contributed by atoms with Crippen LogP contribution in [0.25, 0.3) is 16.5 Å². The summed E-state index contributed by atoms with van der Waals surface area (Å²) in [5.41, 5.74) is 3.38. The maximum absolute atomic E-state index is 13.4. The molecule has 5 rings (SSSR count). The summed E-state index contributed by atoms with van der Waals surface area (Å²) in [6.07, 6.45) is 3.35. The lowest BCUT2D eigenvalue weighted by Gasteiger charge is -2.26. The second kappa shape index (κ2) is 9.18. The first-order valence-corrected chi connectivity index (χ1v) is 11.7. The number of benzene rings is 3. The topological polar surface area (TPSA) is 70.5 Å². The quantitative estimate of drug-likeness (QED) is 0.225. The third kappa shape index (κ3) is 4.10. The van der Waals surface area contributed by atoms with Gasteiger partial charge >= 0.3 is 0 Å². The zero-order valence-corrected chi connectivity index (χ0v) is 19.7. The fourth-order valence-corrected chi connectivity index (χ4v) is 4.72. The van der Waals surface area contributed by atoms with Gasteiger partial charge in [0.15, 0.2) is 0 Å². The maximum atomic E-state index is 13.4. The highest BCUT2D eigenvalue weighted by molar-refractivity contribution is 6.46. The number of carbonyl (C=O) groups is 2. The molecule has 1 saturated heterocycles. The summed E-state index contributed by atoms with van der Waals surface area (Å²) < 4.78 is 0. The van der Waals surface area contributed by atoms with Gasteiger partial charge in [0.2, 0.25) is 0 Å². The number of fused-ring (bicyclic) bond motifs is 1. The molecule has 0 aliphatic carbocycles. The average molecular weight is 463 g/mol. The third-order valence-corrected chi connectivity index (χ3v) is 6.58. The van der Waals surface area contributed by atoms with Crippen LogP contribution in [0.2, 0.25) is 0 Å². The molecule has 5 heteroatoms. The Bertz CT molecular complexity index is 1430. The highest BCUT2D eigenvalue weighted by Gasteiger charge is 2.46. The standard InChI is InChI=1S/C30H26N2O3/c1-19(2)21-12-14-23(15-13-21)27-26(28(33)25-11-5-9-22-8-3-4-10-24(22)25)29(34)30(35)32(27)18-20-7-6-16-31-17-20/h3-17,19,27,33H,18H2,1-2H3/b28-26-. The van der Waals surface area contributed by atoms with Crippen LogP contribution >= 0.6 is 0 Å². The summed E-state index contributed by atoms with van der Waals surface area (Å²) in [5, 5.41) is 13.3. The number of aromatic nitrogens is 1. The molecule has 0 radical (unpaired) electrons. The minimum Gasteiger partial charge on any atom is -0.507 e. The van der Waals surface area contributed by atoms with E-state index in [0.29, 0.717) is 11.5 Å². The lowest BCUT2D eigenvalue weighted by molar-refractivity contribution is -0.140. The van der Waals surface area contributed by atoms with E-state index in [-0.39, 0.29) is 17.9 Å². The van der Waals surface area contributed by atoms with E-state index in [1.807, 2.05) is 66.7 Å². The van der Waals surface area contributed by atoms with E-state index >= 15 is 0 Å². The number of nitrogens with zero attached hydrogens (tertiary/aromatic N) is 2. The Morgan fingerprint density at radius 3 is 2.40 bits per heavy atom. The molecular weight excluding hydrogens is 436 g/mol. The molecule has 1 aromatic heterocycles. The molecule has 2 heterocycles. The molecule has 1 N–H and O–H groups in total. The first-order valence-electron chi connectivity index (χ1n) is 11.7. The minimum absolute atomic E-state index is 0.104. The third-order valence-electron chi connectivity index (χ3n) is 6.58. The molecule has 35 heavy (non-hydrogen) atoms. The summed E-state index contributed by atoms with van der Waals surface area (Å²) in [6.45, 7) is 4.44. The average Bonchev–Trinajstić information content (AvgIpc) is 3.13. The number of carbonyl (C=O) groups excluding carboxylic acids is 2. The van der Waals surface area contributed by atoms with Crippen LogP contribution in [0.3, 0.4) is 0 Å². The number of ketones is 1. The van der Waals surface area contributed by atoms with Crippen molar-refractivity contribution < 1.29 is 14.7 Å². The highest BCUT2D eigenvalue weighted by Crippen LogP contribution is 2.41. The van der Waals surface area contributed by atoms with Crippen LogP contribution in [-0.4, -0.2) is 26.7 Å². The molecule has 0 saturated carbocycles. The fourth-order valence-electron chi connectivity index (χ4n) is 4.72. The van der Waals surface area contributed by atoms with E-state index in [1.54, 1.807) is 24.5 Å². The fraction of sp³-hybridized carbons (Fsp3) is 0.167. The molecule has 1 fully saturated rings. The SMILES string of the molecule is CC(C)c1ccc(C2/C(=C(/O)c3cccc4ccccc34)C(=O)C(=O)N2Cc2cccnc2)cc1. The van der Waals surface area contributed by atoms with Crippen LogP contribution in [0.4, 0.5) is 0 Å². The molecular formula is C30H26N2O3. The molecule has 5 nitrogen and oxygen atoms in total. The number of likely N-dealkylation sites (tertiary alicyclic amines) is 1. The van der Waals surface area contributed by atoms with Gasteiger partial charge in [-0.2, -0.15) is 0 Å². The van der Waals surface area contributed by atoms with Crippen molar-refractivity contribution in [2.75, 3.05) is 0 Å². The molecule has 3 aromatic carbocycles. The van der Waals surface area contributed by atoms with E-state index in [9.17, 15) is 14.7 Å². The summed E-state index contributed by atoms with van der Waals surface area (Å²) in [7, 11) is 0. The van der Waals surface area contributed by atoms with Gasteiger partial charge in [0.05, 0.1) is 11.6 Å². The van der Waals surface area contributed by atoms with Crippen molar-refractivity contribution in [2.45, 2.75) is 32.4 Å². The number of hydrogen-bond donors (Lipinski definition) is 1. The van der Waals surface area contributed by atoms with E-state index in [2.05, 4.69) is 18.8 Å². The van der Waals surface area contributed by atoms with Crippen molar-refractivity contribution in [3.63, 3.8) is 0 Å². The predicted octanol–water partition coefficient (Wildman–Crippen LogP) is 5.98. The largest absolute Gasteiger partial charge is 0.507 e. The summed E-state index contributed by atoms with van der Waals surface area (Å²) in [6, 6.07) is 24.1. The van der Waals surface area contributed by atoms with Crippen molar-refractivity contribution in [1.82, 2.24) is 9.88 Å². The second-order valence-electron chi connectivity index (χ2n) is 9.14. The van der Waals surface area contributed by atoms with Gasteiger partial charge in [0.25, 0.3) is 11.7 Å². The number of aliphatic hydroxyl groups excluding tert-OH is 1. The van der Waals surface area contributed by atoms with Gasteiger partial charge in [0, 0.05) is 24.5 Å². The first-order chi connectivity index (χ1) is 17.0. The Kier molecular flexibility index (Phi) is 5.91. The Balaban J connectivity index is 1.69. The number of rotatable bonds is 5. The number of pyridine rings is 1. The van der Waals surface area contributed by atoms with Gasteiger partial charge in [-0.05, 0) is 39.4 Å². The van der Waals surface area contributed by atoms with Crippen LogP contribution in [0.5, 0.6) is 0 Å². The van der Waals surface area contributed by atoms with Crippen molar-refractivity contribution in [3.8, 4) is 0 Å². The van der Waals surface area contributed by atoms with Crippen LogP contribution in [-0.2, 0) is 16.1 Å². The van der Waals surface area contributed by atoms with Crippen molar-refractivity contribution in [3.05, 3.63) is 119 Å². The normalized spacial score (nSPS) is 17.5. The second-order valence-corrected chi connectivity index (χ2v) is 9.14. The van der Waals surface area contributed by atoms with Gasteiger partial charge in [-0.1, -0.05) is 86.6 Å². The van der Waals surface area contributed by atoms with Crippen LogP contribution in [0.1, 0.15) is 48.1 Å². The number of Topliss-reactive ketones (excluding diaryl/α,β-unsaturated/α-hetero) is 1. The Morgan fingerprint density at radius 1 is 0.943 bits per heavy atom. The van der Waals surface area contributed by atoms with Gasteiger partial charge in [-0.3, -0.25) is 14.6 Å². The Morgan fingerprint density at radius 2 is 1.69 bits per heavy atom. The molecule has 1 atom stereocenters. The predicted molar refractivity (Wildman–Crippen MR) is 137 cm³/mol. The van der Waals surface area contributed by atoms with E-state index < -0.39 is 17.7 Å². The van der Waals surface area contributed by atoms with Crippen LogP contribution < -0.4 is 0 Å². The Hall–Kier alpha value is -4.25. The molecule has 0 spiro atoms. The molecule has 0 bridgehead atoms. The monoisotopic (exact) mass is 462 g/mol. The van der Waals surface area contributed by atoms with Crippen LogP contribution in [0, 0.1) is 0 Å². The van der Waals surface area contributed by atoms with Crippen molar-refractivity contribution in [2.24, 2.45) is 0 Å². The molecule has 1 aliphatic heterocycles. The van der Waals surface area contributed by atoms with E-state index in [1.165, 1.54) is 4.90 Å². The van der Waals surface area contributed by atoms with Gasteiger partial charge < -0.3 is 10.0 Å². The molecule has 1 aliphatic rings. The summed E-state index contributed by atoms with van der Waals surface area (Å²) in [4.78, 5) is 32.4. The highest BCUT2D eigenvalue weighted by atomic mass is 16.3. The van der Waals surface area contributed by atoms with Gasteiger partial charge in [-0.15, -0.1) is 0 Å². The summed E-state index contributed by atoms with van der Waals surface area (Å²) in [5.74, 6) is -1.13. The lowest BCUT2D eigenvalue weighted by Crippen LogP contribution is -2.29. The molecule has 1 amide bonds. The smallest absolute Gasteiger partial charge is 0.295 e. The summed E-state index contributed by atoms with van der Waals surface area (Å²) >= 11 is 0.